The maximum atomic E-state index is 12.8. The van der Waals surface area contributed by atoms with E-state index in [4.69, 9.17) is 4.74 Å². The Morgan fingerprint density at radius 2 is 1.74 bits per heavy atom. The number of fused-ring (bicyclic) bond motifs is 1. The summed E-state index contributed by atoms with van der Waals surface area (Å²) in [5.74, 6) is -0.347. The highest BCUT2D eigenvalue weighted by Crippen LogP contribution is 2.26. The van der Waals surface area contributed by atoms with Crippen molar-refractivity contribution < 1.29 is 14.3 Å². The van der Waals surface area contributed by atoms with Crippen LogP contribution in [-0.4, -0.2) is 27.4 Å². The molecule has 0 aliphatic carbocycles. The van der Waals surface area contributed by atoms with Crippen LogP contribution in [-0.2, 0) is 11.8 Å². The number of rotatable bonds is 3. The second kappa shape index (κ2) is 7.11. The Balaban J connectivity index is 1.95. The topological polar surface area (TPSA) is 85.2 Å². The Bertz CT molecular complexity index is 1000. The first-order valence-corrected chi connectivity index (χ1v) is 8.54. The first-order chi connectivity index (χ1) is 12.7. The van der Waals surface area contributed by atoms with Gasteiger partial charge in [-0.2, -0.15) is 5.10 Å². The molecule has 2 aromatic carbocycles. The number of benzene rings is 2. The normalized spacial score (nSPS) is 11.3. The van der Waals surface area contributed by atoms with E-state index in [0.717, 1.165) is 10.8 Å². The molecule has 0 fully saturated rings. The van der Waals surface area contributed by atoms with Gasteiger partial charge in [0.25, 0.3) is 5.91 Å². The van der Waals surface area contributed by atoms with Crippen LogP contribution in [0.3, 0.4) is 0 Å². The molecule has 27 heavy (non-hydrogen) atoms. The minimum absolute atomic E-state index is 0.336. The molecule has 7 heteroatoms. The van der Waals surface area contributed by atoms with Crippen LogP contribution in [0.2, 0.25) is 0 Å². The standard InChI is InChI=1S/C20H22N4O3/c1-20(2,3)27-19(26)23-17-10-14-8-6-5-7-13(14)9-16(17)18(25)22-15-11-21-24(4)12-15/h5-12H,1-4H3,(H,22,25)(H,23,26). The molecule has 140 valence electrons. The summed E-state index contributed by atoms with van der Waals surface area (Å²) in [4.78, 5) is 25.0. The van der Waals surface area contributed by atoms with Crippen LogP contribution >= 0.6 is 0 Å². The van der Waals surface area contributed by atoms with E-state index in [2.05, 4.69) is 15.7 Å². The van der Waals surface area contributed by atoms with Crippen molar-refractivity contribution in [2.45, 2.75) is 26.4 Å². The average Bonchev–Trinajstić information content (AvgIpc) is 2.97. The summed E-state index contributed by atoms with van der Waals surface area (Å²) in [6.45, 7) is 5.34. The highest BCUT2D eigenvalue weighted by Gasteiger charge is 2.20. The summed E-state index contributed by atoms with van der Waals surface area (Å²) in [7, 11) is 1.77. The zero-order valence-electron chi connectivity index (χ0n) is 15.7. The van der Waals surface area contributed by atoms with Gasteiger partial charge in [-0.15, -0.1) is 0 Å². The molecule has 0 bridgehead atoms. The first-order valence-electron chi connectivity index (χ1n) is 8.54. The van der Waals surface area contributed by atoms with Gasteiger partial charge in [0.2, 0.25) is 0 Å². The van der Waals surface area contributed by atoms with Gasteiger partial charge in [-0.25, -0.2) is 4.79 Å². The van der Waals surface area contributed by atoms with Crippen LogP contribution in [0.15, 0.2) is 48.8 Å². The molecule has 0 radical (unpaired) electrons. The van der Waals surface area contributed by atoms with Gasteiger partial charge in [-0.3, -0.25) is 14.8 Å². The van der Waals surface area contributed by atoms with Gasteiger partial charge in [-0.05, 0) is 43.7 Å². The van der Waals surface area contributed by atoms with E-state index < -0.39 is 11.7 Å². The minimum Gasteiger partial charge on any atom is -0.444 e. The fourth-order valence-electron chi connectivity index (χ4n) is 2.63. The molecule has 0 atom stereocenters. The summed E-state index contributed by atoms with van der Waals surface area (Å²) in [6.07, 6.45) is 2.63. The van der Waals surface area contributed by atoms with Crippen molar-refractivity contribution in [1.29, 1.82) is 0 Å². The van der Waals surface area contributed by atoms with Gasteiger partial charge in [0.15, 0.2) is 0 Å². The molecular formula is C20H22N4O3. The molecule has 7 nitrogen and oxygen atoms in total. The van der Waals surface area contributed by atoms with E-state index in [1.165, 1.54) is 0 Å². The Labute approximate surface area is 157 Å². The van der Waals surface area contributed by atoms with Crippen LogP contribution < -0.4 is 10.6 Å². The molecular weight excluding hydrogens is 344 g/mol. The van der Waals surface area contributed by atoms with Crippen molar-refractivity contribution in [2.24, 2.45) is 7.05 Å². The van der Waals surface area contributed by atoms with E-state index in [9.17, 15) is 9.59 Å². The summed E-state index contributed by atoms with van der Waals surface area (Å²) < 4.78 is 6.91. The molecule has 0 spiro atoms. The lowest BCUT2D eigenvalue weighted by atomic mass is 10.0. The molecule has 0 unspecified atom stereocenters. The smallest absolute Gasteiger partial charge is 0.412 e. The van der Waals surface area contributed by atoms with Gasteiger partial charge < -0.3 is 10.1 Å². The van der Waals surface area contributed by atoms with Gasteiger partial charge in [-0.1, -0.05) is 24.3 Å². The molecule has 2 N–H and O–H groups in total. The number of anilines is 2. The molecule has 3 aromatic rings. The van der Waals surface area contributed by atoms with Gasteiger partial charge in [0.1, 0.15) is 5.60 Å². The number of nitrogens with zero attached hydrogens (tertiary/aromatic N) is 2. The number of amides is 2. The Morgan fingerprint density at radius 3 is 2.33 bits per heavy atom. The van der Waals surface area contributed by atoms with Crippen LogP contribution in [0.25, 0.3) is 10.8 Å². The number of hydrogen-bond acceptors (Lipinski definition) is 4. The summed E-state index contributed by atoms with van der Waals surface area (Å²) in [6, 6.07) is 11.1. The maximum absolute atomic E-state index is 12.8. The second-order valence-corrected chi connectivity index (χ2v) is 7.23. The monoisotopic (exact) mass is 366 g/mol. The second-order valence-electron chi connectivity index (χ2n) is 7.23. The molecule has 0 aliphatic rings. The number of ether oxygens (including phenoxy) is 1. The maximum Gasteiger partial charge on any atom is 0.412 e. The SMILES string of the molecule is Cn1cc(NC(=O)c2cc3ccccc3cc2NC(=O)OC(C)(C)C)cn1. The molecule has 0 saturated carbocycles. The lowest BCUT2D eigenvalue weighted by molar-refractivity contribution is 0.0636. The van der Waals surface area contributed by atoms with Crippen LogP contribution in [0, 0.1) is 0 Å². The van der Waals surface area contributed by atoms with Crippen molar-refractivity contribution in [3.8, 4) is 0 Å². The number of nitrogens with one attached hydrogen (secondary N) is 2. The van der Waals surface area contributed by atoms with Gasteiger partial charge in [0.05, 0.1) is 23.1 Å². The minimum atomic E-state index is -0.640. The van der Waals surface area contributed by atoms with Crippen LogP contribution in [0.4, 0.5) is 16.2 Å². The summed E-state index contributed by atoms with van der Waals surface area (Å²) in [5, 5.41) is 11.3. The number of aryl methyl sites for hydroxylation is 1. The first kappa shape index (κ1) is 18.4. The van der Waals surface area contributed by atoms with Crippen molar-refractivity contribution in [1.82, 2.24) is 9.78 Å². The quantitative estimate of drug-likeness (QED) is 0.728. The van der Waals surface area contributed by atoms with Crippen LogP contribution in [0.1, 0.15) is 31.1 Å². The van der Waals surface area contributed by atoms with E-state index >= 15 is 0 Å². The van der Waals surface area contributed by atoms with Crippen molar-refractivity contribution in [3.63, 3.8) is 0 Å². The number of carbonyl (C=O) groups is 2. The third-order valence-electron chi connectivity index (χ3n) is 3.73. The number of hydrogen-bond donors (Lipinski definition) is 2. The molecule has 0 saturated heterocycles. The predicted octanol–water partition coefficient (Wildman–Crippen LogP) is 4.17. The predicted molar refractivity (Wildman–Crippen MR) is 105 cm³/mol. The molecule has 1 heterocycles. The zero-order valence-corrected chi connectivity index (χ0v) is 15.7. The van der Waals surface area contributed by atoms with Gasteiger partial charge >= 0.3 is 6.09 Å². The number of carbonyl (C=O) groups excluding carboxylic acids is 2. The fourth-order valence-corrected chi connectivity index (χ4v) is 2.63. The highest BCUT2D eigenvalue weighted by molar-refractivity contribution is 6.12. The van der Waals surface area contributed by atoms with Gasteiger partial charge in [0, 0.05) is 13.2 Å². The van der Waals surface area contributed by atoms with Crippen molar-refractivity contribution in [2.75, 3.05) is 10.6 Å². The molecule has 1 aromatic heterocycles. The third kappa shape index (κ3) is 4.63. The Morgan fingerprint density at radius 1 is 1.07 bits per heavy atom. The Kier molecular flexibility index (Phi) is 4.85. The van der Waals surface area contributed by atoms with Crippen LogP contribution in [0.5, 0.6) is 0 Å². The summed E-state index contributed by atoms with van der Waals surface area (Å²) >= 11 is 0. The zero-order chi connectivity index (χ0) is 19.6. The van der Waals surface area contributed by atoms with E-state index in [0.29, 0.717) is 16.9 Å². The lowest BCUT2D eigenvalue weighted by Gasteiger charge is -2.20. The van der Waals surface area contributed by atoms with E-state index in [1.54, 1.807) is 57.0 Å². The lowest BCUT2D eigenvalue weighted by Crippen LogP contribution is -2.28. The van der Waals surface area contributed by atoms with E-state index in [-0.39, 0.29) is 5.91 Å². The fraction of sp³-hybridized carbons (Fsp3) is 0.250. The number of aromatic nitrogens is 2. The molecule has 3 rings (SSSR count). The largest absolute Gasteiger partial charge is 0.444 e. The van der Waals surface area contributed by atoms with Crippen molar-refractivity contribution >= 4 is 34.1 Å². The van der Waals surface area contributed by atoms with Crippen molar-refractivity contribution in [3.05, 3.63) is 54.4 Å². The molecule has 0 aliphatic heterocycles. The molecule has 2 amide bonds. The summed E-state index contributed by atoms with van der Waals surface area (Å²) in [5.41, 5.74) is 0.644. The average molecular weight is 366 g/mol. The van der Waals surface area contributed by atoms with E-state index in [1.807, 2.05) is 24.3 Å². The third-order valence-corrected chi connectivity index (χ3v) is 3.73. The highest BCUT2D eigenvalue weighted by atomic mass is 16.6. The Hall–Kier alpha value is -3.35.